The predicted octanol–water partition coefficient (Wildman–Crippen LogP) is -0.744. The molecular weight excluding hydrogens is 216 g/mol. The largest absolute Gasteiger partial charge is 0.375 e. The van der Waals surface area contributed by atoms with Crippen LogP contribution in [0.4, 0.5) is 0 Å². The van der Waals surface area contributed by atoms with E-state index >= 15 is 0 Å². The van der Waals surface area contributed by atoms with Gasteiger partial charge in [-0.25, -0.2) is 12.7 Å². The van der Waals surface area contributed by atoms with Gasteiger partial charge in [0.15, 0.2) is 0 Å². The summed E-state index contributed by atoms with van der Waals surface area (Å²) >= 11 is 0. The molecular formula is C9H18N2O3S. The monoisotopic (exact) mass is 234 g/mol. The van der Waals surface area contributed by atoms with Gasteiger partial charge in [-0.1, -0.05) is 0 Å². The molecule has 6 heteroatoms. The van der Waals surface area contributed by atoms with Gasteiger partial charge in [-0.15, -0.1) is 0 Å². The first-order chi connectivity index (χ1) is 7.05. The van der Waals surface area contributed by atoms with Gasteiger partial charge in [-0.2, -0.15) is 0 Å². The van der Waals surface area contributed by atoms with Crippen LogP contribution < -0.4 is 5.32 Å². The first-order valence-electron chi connectivity index (χ1n) is 5.33. The lowest BCUT2D eigenvalue weighted by molar-refractivity contribution is 0.00175. The number of hydrogen-bond donors (Lipinski definition) is 1. The Labute approximate surface area is 90.8 Å². The van der Waals surface area contributed by atoms with Crippen LogP contribution in [0.15, 0.2) is 0 Å². The molecule has 0 radical (unpaired) electrons. The molecule has 1 unspecified atom stereocenters. The summed E-state index contributed by atoms with van der Waals surface area (Å²) in [4.78, 5) is 0. The molecule has 2 saturated heterocycles. The molecule has 0 saturated carbocycles. The molecule has 88 valence electrons. The third-order valence-electron chi connectivity index (χ3n) is 3.03. The summed E-state index contributed by atoms with van der Waals surface area (Å²) < 4.78 is 29.7. The lowest BCUT2D eigenvalue weighted by Crippen LogP contribution is -2.49. The highest BCUT2D eigenvalue weighted by atomic mass is 32.2. The van der Waals surface area contributed by atoms with Crippen molar-refractivity contribution >= 4 is 10.0 Å². The second kappa shape index (κ2) is 4.37. The molecule has 2 aliphatic heterocycles. The van der Waals surface area contributed by atoms with Gasteiger partial charge in [0, 0.05) is 26.2 Å². The fourth-order valence-electron chi connectivity index (χ4n) is 1.89. The third kappa shape index (κ3) is 2.90. The molecule has 0 amide bonds. The van der Waals surface area contributed by atoms with E-state index in [1.807, 2.05) is 0 Å². The Bertz CT molecular complexity index is 313. The SMILES string of the molecule is CS(=O)(=O)N1CCC(COC2CNC2)C1. The smallest absolute Gasteiger partial charge is 0.211 e. The summed E-state index contributed by atoms with van der Waals surface area (Å²) in [6.07, 6.45) is 2.54. The molecule has 0 aromatic rings. The summed E-state index contributed by atoms with van der Waals surface area (Å²) in [6, 6.07) is 0. The Morgan fingerprint density at radius 2 is 2.20 bits per heavy atom. The molecule has 0 bridgehead atoms. The average molecular weight is 234 g/mol. The van der Waals surface area contributed by atoms with Crippen molar-refractivity contribution < 1.29 is 13.2 Å². The van der Waals surface area contributed by atoms with Gasteiger partial charge in [0.05, 0.1) is 19.0 Å². The van der Waals surface area contributed by atoms with Crippen LogP contribution in [0.25, 0.3) is 0 Å². The summed E-state index contributed by atoms with van der Waals surface area (Å²) in [7, 11) is -3.00. The zero-order chi connectivity index (χ0) is 10.9. The van der Waals surface area contributed by atoms with Gasteiger partial charge < -0.3 is 10.1 Å². The topological polar surface area (TPSA) is 58.6 Å². The molecule has 2 fully saturated rings. The number of sulfonamides is 1. The predicted molar refractivity (Wildman–Crippen MR) is 57.1 cm³/mol. The van der Waals surface area contributed by atoms with Crippen LogP contribution >= 0.6 is 0 Å². The summed E-state index contributed by atoms with van der Waals surface area (Å²) in [5.41, 5.74) is 0. The maximum Gasteiger partial charge on any atom is 0.211 e. The quantitative estimate of drug-likeness (QED) is 0.696. The molecule has 0 aliphatic carbocycles. The number of nitrogens with zero attached hydrogens (tertiary/aromatic N) is 1. The van der Waals surface area contributed by atoms with Crippen molar-refractivity contribution in [2.24, 2.45) is 5.92 Å². The normalized spacial score (nSPS) is 29.3. The summed E-state index contributed by atoms with van der Waals surface area (Å²) in [5, 5.41) is 3.14. The zero-order valence-electron chi connectivity index (χ0n) is 8.98. The van der Waals surface area contributed by atoms with Crippen molar-refractivity contribution in [1.82, 2.24) is 9.62 Å². The van der Waals surface area contributed by atoms with E-state index < -0.39 is 10.0 Å². The van der Waals surface area contributed by atoms with E-state index in [1.54, 1.807) is 4.31 Å². The van der Waals surface area contributed by atoms with E-state index in [4.69, 9.17) is 4.74 Å². The van der Waals surface area contributed by atoms with Gasteiger partial charge in [-0.3, -0.25) is 0 Å². The van der Waals surface area contributed by atoms with Crippen LogP contribution in [0.3, 0.4) is 0 Å². The van der Waals surface area contributed by atoms with Crippen molar-refractivity contribution in [3.63, 3.8) is 0 Å². The maximum atomic E-state index is 11.3. The second-order valence-corrected chi connectivity index (χ2v) is 6.37. The van der Waals surface area contributed by atoms with E-state index in [2.05, 4.69) is 5.32 Å². The van der Waals surface area contributed by atoms with E-state index in [0.717, 1.165) is 19.5 Å². The zero-order valence-corrected chi connectivity index (χ0v) is 9.79. The molecule has 1 N–H and O–H groups in total. The standard InChI is InChI=1S/C9H18N2O3S/c1-15(12,13)11-3-2-8(6-11)7-14-9-4-10-5-9/h8-10H,2-7H2,1H3. The van der Waals surface area contributed by atoms with Crippen LogP contribution in [0.1, 0.15) is 6.42 Å². The van der Waals surface area contributed by atoms with Crippen molar-refractivity contribution in [3.05, 3.63) is 0 Å². The number of ether oxygens (including phenoxy) is 1. The highest BCUT2D eigenvalue weighted by molar-refractivity contribution is 7.88. The number of nitrogens with one attached hydrogen (secondary N) is 1. The molecule has 2 rings (SSSR count). The first kappa shape index (κ1) is 11.3. The van der Waals surface area contributed by atoms with Crippen molar-refractivity contribution in [3.8, 4) is 0 Å². The lowest BCUT2D eigenvalue weighted by atomic mass is 10.1. The van der Waals surface area contributed by atoms with Crippen LogP contribution in [-0.2, 0) is 14.8 Å². The molecule has 0 aromatic carbocycles. The summed E-state index contributed by atoms with van der Waals surface area (Å²) in [6.45, 7) is 3.83. The van der Waals surface area contributed by atoms with Crippen LogP contribution in [0, 0.1) is 5.92 Å². The number of hydrogen-bond acceptors (Lipinski definition) is 4. The minimum atomic E-state index is -3.00. The Kier molecular flexibility index (Phi) is 3.30. The molecule has 1 atom stereocenters. The molecule has 0 aromatic heterocycles. The van der Waals surface area contributed by atoms with Crippen molar-refractivity contribution in [1.29, 1.82) is 0 Å². The molecule has 15 heavy (non-hydrogen) atoms. The molecule has 2 aliphatic rings. The Hall–Kier alpha value is -0.170. The van der Waals surface area contributed by atoms with Gasteiger partial charge in [0.25, 0.3) is 0 Å². The summed E-state index contributed by atoms with van der Waals surface area (Å²) in [5.74, 6) is 0.375. The highest BCUT2D eigenvalue weighted by Gasteiger charge is 2.29. The first-order valence-corrected chi connectivity index (χ1v) is 7.18. The minimum Gasteiger partial charge on any atom is -0.375 e. The lowest BCUT2D eigenvalue weighted by Gasteiger charge is -2.28. The fraction of sp³-hybridized carbons (Fsp3) is 1.00. The van der Waals surface area contributed by atoms with Crippen LogP contribution in [-0.4, -0.2) is 57.9 Å². The fourth-order valence-corrected chi connectivity index (χ4v) is 2.81. The Morgan fingerprint density at radius 1 is 1.47 bits per heavy atom. The van der Waals surface area contributed by atoms with Gasteiger partial charge in [0.2, 0.25) is 10.0 Å². The van der Waals surface area contributed by atoms with E-state index in [0.29, 0.717) is 31.7 Å². The molecule has 0 spiro atoms. The highest BCUT2D eigenvalue weighted by Crippen LogP contribution is 2.19. The van der Waals surface area contributed by atoms with Crippen LogP contribution in [0.5, 0.6) is 0 Å². The molecule has 5 nitrogen and oxygen atoms in total. The number of rotatable bonds is 4. The van der Waals surface area contributed by atoms with Crippen molar-refractivity contribution in [2.75, 3.05) is 39.0 Å². The third-order valence-corrected chi connectivity index (χ3v) is 4.30. The van der Waals surface area contributed by atoms with Crippen molar-refractivity contribution in [2.45, 2.75) is 12.5 Å². The maximum absolute atomic E-state index is 11.3. The van der Waals surface area contributed by atoms with E-state index in [9.17, 15) is 8.42 Å². The Morgan fingerprint density at radius 3 is 2.67 bits per heavy atom. The average Bonchev–Trinajstić information content (AvgIpc) is 2.48. The Balaban J connectivity index is 1.72. The van der Waals surface area contributed by atoms with E-state index in [1.165, 1.54) is 6.26 Å². The van der Waals surface area contributed by atoms with E-state index in [-0.39, 0.29) is 0 Å². The van der Waals surface area contributed by atoms with Gasteiger partial charge in [-0.05, 0) is 12.3 Å². The van der Waals surface area contributed by atoms with Crippen LogP contribution in [0.2, 0.25) is 0 Å². The minimum absolute atomic E-state index is 0.345. The molecule has 2 heterocycles. The second-order valence-electron chi connectivity index (χ2n) is 4.39. The van der Waals surface area contributed by atoms with Gasteiger partial charge in [0.1, 0.15) is 0 Å². The van der Waals surface area contributed by atoms with Gasteiger partial charge >= 0.3 is 0 Å².